The van der Waals surface area contributed by atoms with Gasteiger partial charge in [0.05, 0.1) is 6.61 Å². The maximum Gasteiger partial charge on any atom is 0.435 e. The van der Waals surface area contributed by atoms with Gasteiger partial charge < -0.3 is 9.64 Å². The molecule has 0 aliphatic heterocycles. The van der Waals surface area contributed by atoms with E-state index >= 15 is 0 Å². The molecule has 2 aromatic heterocycles. The number of hydrogen-bond acceptors (Lipinski definition) is 4. The summed E-state index contributed by atoms with van der Waals surface area (Å²) in [6.07, 6.45) is -1.64. The predicted molar refractivity (Wildman–Crippen MR) is 75.9 cm³/mol. The number of hydrogen-bond donors (Lipinski definition) is 0. The third-order valence-corrected chi connectivity index (χ3v) is 3.23. The molecule has 0 bridgehead atoms. The maximum absolute atomic E-state index is 12.8. The molecule has 0 saturated carbocycles. The van der Waals surface area contributed by atoms with Gasteiger partial charge in [0.25, 0.3) is 0 Å². The fourth-order valence-corrected chi connectivity index (χ4v) is 2.35. The standard InChI is InChI=1S/C12H14BrF3N4O/c1-21-7-6-19(4-2-13)11-9-8-10(12(14,15)16)18-20(9)5-3-17-11/h3,5,8H,2,4,6-7H2,1H3. The van der Waals surface area contributed by atoms with Crippen LogP contribution < -0.4 is 4.90 Å². The molecule has 0 fully saturated rings. The Labute approximate surface area is 127 Å². The van der Waals surface area contributed by atoms with Crippen LogP contribution in [0.25, 0.3) is 5.52 Å². The number of fused-ring (bicyclic) bond motifs is 1. The van der Waals surface area contributed by atoms with E-state index < -0.39 is 11.9 Å². The summed E-state index contributed by atoms with van der Waals surface area (Å²) in [4.78, 5) is 6.05. The Balaban J connectivity index is 2.44. The molecule has 0 aliphatic rings. The molecule has 0 spiro atoms. The molecule has 0 atom stereocenters. The number of anilines is 1. The number of ether oxygens (including phenoxy) is 1. The molecule has 0 aliphatic carbocycles. The molecule has 0 saturated heterocycles. The second kappa shape index (κ2) is 6.61. The lowest BCUT2D eigenvalue weighted by Gasteiger charge is -2.22. The molecule has 0 N–H and O–H groups in total. The Morgan fingerprint density at radius 3 is 2.76 bits per heavy atom. The van der Waals surface area contributed by atoms with Crippen molar-refractivity contribution in [2.45, 2.75) is 6.18 Å². The van der Waals surface area contributed by atoms with Crippen molar-refractivity contribution in [1.29, 1.82) is 0 Å². The first-order valence-electron chi connectivity index (χ1n) is 6.19. The highest BCUT2D eigenvalue weighted by Crippen LogP contribution is 2.30. The molecule has 116 valence electrons. The number of rotatable bonds is 6. The molecule has 0 aromatic carbocycles. The van der Waals surface area contributed by atoms with Crippen molar-refractivity contribution in [1.82, 2.24) is 14.6 Å². The molecule has 2 aromatic rings. The largest absolute Gasteiger partial charge is 0.435 e. The molecular formula is C12H14BrF3N4O. The number of nitrogens with zero attached hydrogens (tertiary/aromatic N) is 4. The molecular weight excluding hydrogens is 353 g/mol. The van der Waals surface area contributed by atoms with Crippen LogP contribution in [0.1, 0.15) is 5.69 Å². The first-order chi connectivity index (χ1) is 9.97. The Morgan fingerprint density at radius 2 is 2.14 bits per heavy atom. The molecule has 9 heteroatoms. The summed E-state index contributed by atoms with van der Waals surface area (Å²) < 4.78 is 44.5. The monoisotopic (exact) mass is 366 g/mol. The van der Waals surface area contributed by atoms with Crippen molar-refractivity contribution in [3.63, 3.8) is 0 Å². The third kappa shape index (κ3) is 3.65. The molecule has 0 radical (unpaired) electrons. The van der Waals surface area contributed by atoms with Crippen LogP contribution in [0.4, 0.5) is 19.0 Å². The van der Waals surface area contributed by atoms with E-state index in [9.17, 15) is 13.2 Å². The lowest BCUT2D eigenvalue weighted by atomic mass is 10.3. The van der Waals surface area contributed by atoms with Gasteiger partial charge in [-0.15, -0.1) is 0 Å². The zero-order chi connectivity index (χ0) is 15.5. The van der Waals surface area contributed by atoms with Crippen LogP contribution >= 0.6 is 15.9 Å². The number of alkyl halides is 4. The van der Waals surface area contributed by atoms with Crippen LogP contribution in [0.15, 0.2) is 18.5 Å². The normalized spacial score (nSPS) is 12.0. The zero-order valence-electron chi connectivity index (χ0n) is 11.3. The second-order valence-electron chi connectivity index (χ2n) is 4.28. The van der Waals surface area contributed by atoms with Gasteiger partial charge in [-0.2, -0.15) is 18.3 Å². The van der Waals surface area contributed by atoms with Gasteiger partial charge in [0, 0.05) is 44.0 Å². The molecule has 0 amide bonds. The number of aromatic nitrogens is 3. The highest BCUT2D eigenvalue weighted by atomic mass is 79.9. The van der Waals surface area contributed by atoms with Gasteiger partial charge in [-0.1, -0.05) is 15.9 Å². The molecule has 2 rings (SSSR count). The minimum absolute atomic E-state index is 0.321. The van der Waals surface area contributed by atoms with E-state index in [1.807, 2.05) is 4.90 Å². The molecule has 2 heterocycles. The van der Waals surface area contributed by atoms with Crippen molar-refractivity contribution >= 4 is 27.3 Å². The third-order valence-electron chi connectivity index (χ3n) is 2.88. The Bertz CT molecular complexity index is 602. The smallest absolute Gasteiger partial charge is 0.383 e. The van der Waals surface area contributed by atoms with Crippen molar-refractivity contribution in [3.05, 3.63) is 24.2 Å². The van der Waals surface area contributed by atoms with E-state index in [1.165, 1.54) is 16.9 Å². The van der Waals surface area contributed by atoms with Crippen LogP contribution in [-0.2, 0) is 10.9 Å². The van der Waals surface area contributed by atoms with E-state index in [1.54, 1.807) is 7.11 Å². The van der Waals surface area contributed by atoms with Gasteiger partial charge in [0.1, 0.15) is 5.52 Å². The summed E-state index contributed by atoms with van der Waals surface area (Å²) in [6.45, 7) is 1.58. The van der Waals surface area contributed by atoms with E-state index in [0.717, 1.165) is 6.07 Å². The number of halogens is 4. The molecule has 5 nitrogen and oxygen atoms in total. The van der Waals surface area contributed by atoms with Gasteiger partial charge in [-0.05, 0) is 0 Å². The second-order valence-corrected chi connectivity index (χ2v) is 5.07. The Morgan fingerprint density at radius 1 is 1.38 bits per heavy atom. The summed E-state index contributed by atoms with van der Waals surface area (Å²) in [6, 6.07) is 1.01. The topological polar surface area (TPSA) is 42.7 Å². The van der Waals surface area contributed by atoms with E-state index in [-0.39, 0.29) is 0 Å². The van der Waals surface area contributed by atoms with Gasteiger partial charge in [-0.25, -0.2) is 9.50 Å². The lowest BCUT2D eigenvalue weighted by Crippen LogP contribution is -2.30. The summed E-state index contributed by atoms with van der Waals surface area (Å²) >= 11 is 3.33. The average Bonchev–Trinajstić information content (AvgIpc) is 2.87. The van der Waals surface area contributed by atoms with Crippen LogP contribution in [0, 0.1) is 0 Å². The summed E-state index contributed by atoms with van der Waals surface area (Å²) in [5.41, 5.74) is -0.607. The van der Waals surface area contributed by atoms with Crippen LogP contribution in [0.2, 0.25) is 0 Å². The van der Waals surface area contributed by atoms with Gasteiger partial charge in [0.2, 0.25) is 0 Å². The summed E-state index contributed by atoms with van der Waals surface area (Å²) in [7, 11) is 1.57. The fourth-order valence-electron chi connectivity index (χ4n) is 1.92. The van der Waals surface area contributed by atoms with Crippen LogP contribution in [-0.4, -0.2) is 46.7 Å². The molecule has 0 unspecified atom stereocenters. The summed E-state index contributed by atoms with van der Waals surface area (Å²) in [5.74, 6) is 0.456. The van der Waals surface area contributed by atoms with Gasteiger partial charge in [0.15, 0.2) is 11.5 Å². The van der Waals surface area contributed by atoms with Gasteiger partial charge >= 0.3 is 6.18 Å². The highest BCUT2D eigenvalue weighted by molar-refractivity contribution is 9.09. The quantitative estimate of drug-likeness (QED) is 0.737. The number of methoxy groups -OCH3 is 1. The Kier molecular flexibility index (Phi) is 5.04. The first-order valence-corrected chi connectivity index (χ1v) is 7.31. The fraction of sp³-hybridized carbons (Fsp3) is 0.500. The molecule has 21 heavy (non-hydrogen) atoms. The SMILES string of the molecule is COCCN(CCBr)c1nccn2nc(C(F)(F)F)cc12. The van der Waals surface area contributed by atoms with Crippen molar-refractivity contribution < 1.29 is 17.9 Å². The highest BCUT2D eigenvalue weighted by Gasteiger charge is 2.34. The first kappa shape index (κ1) is 16.0. The minimum atomic E-state index is -4.48. The van der Waals surface area contributed by atoms with Crippen LogP contribution in [0.5, 0.6) is 0 Å². The van der Waals surface area contributed by atoms with Crippen molar-refractivity contribution in [3.8, 4) is 0 Å². The predicted octanol–water partition coefficient (Wildman–Crippen LogP) is 2.60. The zero-order valence-corrected chi connectivity index (χ0v) is 12.9. The summed E-state index contributed by atoms with van der Waals surface area (Å²) in [5, 5.41) is 4.22. The van der Waals surface area contributed by atoms with E-state index in [4.69, 9.17) is 4.74 Å². The van der Waals surface area contributed by atoms with E-state index in [0.29, 0.717) is 36.4 Å². The maximum atomic E-state index is 12.8. The lowest BCUT2D eigenvalue weighted by molar-refractivity contribution is -0.141. The Hall–Kier alpha value is -1.35. The van der Waals surface area contributed by atoms with Crippen molar-refractivity contribution in [2.75, 3.05) is 37.0 Å². The van der Waals surface area contributed by atoms with Crippen molar-refractivity contribution in [2.24, 2.45) is 0 Å². The van der Waals surface area contributed by atoms with Crippen LogP contribution in [0.3, 0.4) is 0 Å². The van der Waals surface area contributed by atoms with Gasteiger partial charge in [-0.3, -0.25) is 0 Å². The van der Waals surface area contributed by atoms with E-state index in [2.05, 4.69) is 26.0 Å². The minimum Gasteiger partial charge on any atom is -0.383 e. The average molecular weight is 367 g/mol.